The highest BCUT2D eigenvalue weighted by atomic mass is 16.6. The van der Waals surface area contributed by atoms with Gasteiger partial charge in [0.2, 0.25) is 5.91 Å². The standard InChI is InChI=1S/C25H22N4O6/c1-3-23(30)27-20-10-8-17(9-11-20)24(31)28-26-15-19-14-21(29(33)34)12-13-22(19)35-25(32)18-6-4-16(2)5-7-18/h4-15H,3H2,1-2H3,(H,27,30)(H,28,31)/b26-15+. The second-order valence-electron chi connectivity index (χ2n) is 7.41. The highest BCUT2D eigenvalue weighted by Crippen LogP contribution is 2.24. The number of carbonyl (C=O) groups excluding carboxylic acids is 3. The van der Waals surface area contributed by atoms with Crippen LogP contribution in [0.5, 0.6) is 5.75 Å². The van der Waals surface area contributed by atoms with Gasteiger partial charge in [-0.2, -0.15) is 5.10 Å². The van der Waals surface area contributed by atoms with Gasteiger partial charge < -0.3 is 10.1 Å². The molecule has 0 aliphatic heterocycles. The number of nitrogens with one attached hydrogen (secondary N) is 2. The Morgan fingerprint density at radius 3 is 2.29 bits per heavy atom. The predicted molar refractivity (Wildman–Crippen MR) is 130 cm³/mol. The molecule has 178 valence electrons. The molecule has 0 aliphatic rings. The van der Waals surface area contributed by atoms with Crippen molar-refractivity contribution in [1.82, 2.24) is 5.43 Å². The minimum atomic E-state index is -0.646. The van der Waals surface area contributed by atoms with Crippen LogP contribution in [0, 0.1) is 17.0 Å². The molecular formula is C25H22N4O6. The molecular weight excluding hydrogens is 452 g/mol. The molecule has 0 fully saturated rings. The van der Waals surface area contributed by atoms with Gasteiger partial charge in [0, 0.05) is 35.4 Å². The second-order valence-corrected chi connectivity index (χ2v) is 7.41. The molecule has 3 aromatic carbocycles. The Bertz CT molecular complexity index is 1280. The molecule has 0 bridgehead atoms. The molecule has 3 aromatic rings. The first-order valence-electron chi connectivity index (χ1n) is 10.6. The van der Waals surface area contributed by atoms with Gasteiger partial charge in [-0.05, 0) is 49.4 Å². The van der Waals surface area contributed by atoms with E-state index in [1.54, 1.807) is 43.3 Å². The van der Waals surface area contributed by atoms with Crippen LogP contribution >= 0.6 is 0 Å². The van der Waals surface area contributed by atoms with Gasteiger partial charge in [0.25, 0.3) is 11.6 Å². The molecule has 10 heteroatoms. The van der Waals surface area contributed by atoms with E-state index in [0.29, 0.717) is 17.7 Å². The quantitative estimate of drug-likeness (QED) is 0.165. The van der Waals surface area contributed by atoms with Gasteiger partial charge in [-0.15, -0.1) is 0 Å². The normalized spacial score (nSPS) is 10.6. The molecule has 35 heavy (non-hydrogen) atoms. The van der Waals surface area contributed by atoms with Crippen molar-refractivity contribution >= 4 is 35.4 Å². The van der Waals surface area contributed by atoms with Gasteiger partial charge in [-0.1, -0.05) is 24.6 Å². The average molecular weight is 474 g/mol. The van der Waals surface area contributed by atoms with Crippen molar-refractivity contribution in [2.75, 3.05) is 5.32 Å². The summed E-state index contributed by atoms with van der Waals surface area (Å²) in [5.74, 6) is -1.30. The Morgan fingerprint density at radius 1 is 1.00 bits per heavy atom. The lowest BCUT2D eigenvalue weighted by atomic mass is 10.1. The largest absolute Gasteiger partial charge is 0.422 e. The monoisotopic (exact) mass is 474 g/mol. The third-order valence-corrected chi connectivity index (χ3v) is 4.82. The number of nitrogens with zero attached hydrogens (tertiary/aromatic N) is 2. The minimum Gasteiger partial charge on any atom is -0.422 e. The van der Waals surface area contributed by atoms with Gasteiger partial charge in [-0.3, -0.25) is 19.7 Å². The first-order chi connectivity index (χ1) is 16.8. The van der Waals surface area contributed by atoms with E-state index in [1.807, 2.05) is 6.92 Å². The van der Waals surface area contributed by atoms with Gasteiger partial charge in [-0.25, -0.2) is 10.2 Å². The minimum absolute atomic E-state index is 0.0372. The highest BCUT2D eigenvalue weighted by molar-refractivity contribution is 5.97. The number of ether oxygens (including phenoxy) is 1. The van der Waals surface area contributed by atoms with Crippen LogP contribution in [0.3, 0.4) is 0 Å². The Balaban J connectivity index is 1.74. The lowest BCUT2D eigenvalue weighted by Gasteiger charge is -2.08. The molecule has 0 saturated carbocycles. The van der Waals surface area contributed by atoms with Crippen LogP contribution in [-0.2, 0) is 4.79 Å². The molecule has 2 N–H and O–H groups in total. The van der Waals surface area contributed by atoms with Gasteiger partial charge in [0.05, 0.1) is 16.7 Å². The van der Waals surface area contributed by atoms with Crippen molar-refractivity contribution in [3.63, 3.8) is 0 Å². The third-order valence-electron chi connectivity index (χ3n) is 4.82. The second kappa shape index (κ2) is 11.3. The van der Waals surface area contributed by atoms with Crippen LogP contribution in [0.1, 0.15) is 45.2 Å². The fourth-order valence-electron chi connectivity index (χ4n) is 2.87. The van der Waals surface area contributed by atoms with E-state index >= 15 is 0 Å². The smallest absolute Gasteiger partial charge is 0.343 e. The number of hydrogen-bond donors (Lipinski definition) is 2. The van der Waals surface area contributed by atoms with Gasteiger partial charge in [0.1, 0.15) is 5.75 Å². The van der Waals surface area contributed by atoms with Crippen LogP contribution in [0.25, 0.3) is 0 Å². The van der Waals surface area contributed by atoms with E-state index in [0.717, 1.165) is 11.8 Å². The Labute approximate surface area is 200 Å². The van der Waals surface area contributed by atoms with E-state index in [2.05, 4.69) is 15.8 Å². The Morgan fingerprint density at radius 2 is 1.66 bits per heavy atom. The number of aryl methyl sites for hydroxylation is 1. The summed E-state index contributed by atoms with van der Waals surface area (Å²) < 4.78 is 5.40. The van der Waals surface area contributed by atoms with Crippen molar-refractivity contribution in [3.05, 3.63) is 99.1 Å². The molecule has 0 unspecified atom stereocenters. The summed E-state index contributed by atoms with van der Waals surface area (Å²) in [5.41, 5.74) is 4.31. The molecule has 10 nitrogen and oxygen atoms in total. The average Bonchev–Trinajstić information content (AvgIpc) is 2.85. The number of amides is 2. The van der Waals surface area contributed by atoms with Crippen LogP contribution in [-0.4, -0.2) is 28.9 Å². The van der Waals surface area contributed by atoms with Crippen molar-refractivity contribution < 1.29 is 24.0 Å². The van der Waals surface area contributed by atoms with E-state index in [-0.39, 0.29) is 28.5 Å². The van der Waals surface area contributed by atoms with Crippen LogP contribution in [0.4, 0.5) is 11.4 Å². The molecule has 0 atom stereocenters. The number of anilines is 1. The molecule has 3 rings (SSSR count). The number of benzene rings is 3. The van der Waals surface area contributed by atoms with Crippen LogP contribution in [0.15, 0.2) is 71.8 Å². The lowest BCUT2D eigenvalue weighted by Crippen LogP contribution is -2.18. The summed E-state index contributed by atoms with van der Waals surface area (Å²) in [6, 6.07) is 16.6. The number of rotatable bonds is 8. The van der Waals surface area contributed by atoms with Gasteiger partial charge >= 0.3 is 5.97 Å². The Kier molecular flexibility index (Phi) is 8.02. The predicted octanol–water partition coefficient (Wildman–Crippen LogP) is 4.23. The van der Waals surface area contributed by atoms with Crippen LogP contribution < -0.4 is 15.5 Å². The zero-order valence-electron chi connectivity index (χ0n) is 19.0. The maximum atomic E-state index is 12.5. The molecule has 0 heterocycles. The van der Waals surface area contributed by atoms with Crippen molar-refractivity contribution in [2.45, 2.75) is 20.3 Å². The summed E-state index contributed by atoms with van der Waals surface area (Å²) in [6.45, 7) is 3.61. The highest BCUT2D eigenvalue weighted by Gasteiger charge is 2.15. The zero-order chi connectivity index (χ0) is 25.4. The third kappa shape index (κ3) is 6.81. The number of nitro groups is 1. The lowest BCUT2D eigenvalue weighted by molar-refractivity contribution is -0.384. The molecule has 0 saturated heterocycles. The van der Waals surface area contributed by atoms with Crippen molar-refractivity contribution in [2.24, 2.45) is 5.10 Å². The van der Waals surface area contributed by atoms with Crippen LogP contribution in [0.2, 0.25) is 0 Å². The zero-order valence-corrected chi connectivity index (χ0v) is 19.0. The molecule has 0 aromatic heterocycles. The van der Waals surface area contributed by atoms with Crippen molar-refractivity contribution in [1.29, 1.82) is 0 Å². The Hall–Kier alpha value is -4.86. The fraction of sp³-hybridized carbons (Fsp3) is 0.120. The summed E-state index contributed by atoms with van der Waals surface area (Å²) in [6.07, 6.45) is 1.48. The molecule has 2 amide bonds. The first kappa shape index (κ1) is 24.8. The fourth-order valence-corrected chi connectivity index (χ4v) is 2.87. The van der Waals surface area contributed by atoms with E-state index in [9.17, 15) is 24.5 Å². The van der Waals surface area contributed by atoms with E-state index in [1.165, 1.54) is 30.3 Å². The number of hydrazone groups is 1. The molecule has 0 radical (unpaired) electrons. The number of esters is 1. The van der Waals surface area contributed by atoms with Crippen molar-refractivity contribution in [3.8, 4) is 5.75 Å². The summed E-state index contributed by atoms with van der Waals surface area (Å²) in [5, 5.41) is 17.7. The maximum Gasteiger partial charge on any atom is 0.343 e. The molecule has 0 aliphatic carbocycles. The van der Waals surface area contributed by atoms with E-state index < -0.39 is 16.8 Å². The maximum absolute atomic E-state index is 12.5. The molecule has 0 spiro atoms. The van der Waals surface area contributed by atoms with E-state index in [4.69, 9.17) is 4.74 Å². The summed E-state index contributed by atoms with van der Waals surface area (Å²) in [4.78, 5) is 46.9. The summed E-state index contributed by atoms with van der Waals surface area (Å²) >= 11 is 0. The SMILES string of the molecule is CCC(=O)Nc1ccc(C(=O)N/N=C/c2cc([N+](=O)[O-])ccc2OC(=O)c2ccc(C)cc2)cc1. The summed E-state index contributed by atoms with van der Waals surface area (Å²) in [7, 11) is 0. The first-order valence-corrected chi connectivity index (χ1v) is 10.6. The number of carbonyl (C=O) groups is 3. The topological polar surface area (TPSA) is 140 Å². The number of hydrogen-bond acceptors (Lipinski definition) is 7. The number of non-ortho nitro benzene ring substituents is 1. The van der Waals surface area contributed by atoms with Gasteiger partial charge in [0.15, 0.2) is 0 Å². The number of nitro benzene ring substituents is 1.